The summed E-state index contributed by atoms with van der Waals surface area (Å²) in [4.78, 5) is 29.8. The van der Waals surface area contributed by atoms with E-state index >= 15 is 0 Å². The van der Waals surface area contributed by atoms with Gasteiger partial charge in [-0.05, 0) is 68.4 Å². The minimum Gasteiger partial charge on any atom is -0.496 e. The number of benzene rings is 2. The van der Waals surface area contributed by atoms with Gasteiger partial charge in [0.2, 0.25) is 0 Å². The van der Waals surface area contributed by atoms with Crippen LogP contribution in [0.25, 0.3) is 0 Å². The molecule has 2 aromatic rings. The Morgan fingerprint density at radius 3 is 2.20 bits per heavy atom. The molecule has 2 aromatic carbocycles. The van der Waals surface area contributed by atoms with Gasteiger partial charge in [0.05, 0.1) is 28.8 Å². The Labute approximate surface area is 207 Å². The first-order chi connectivity index (χ1) is 16.8. The average Bonchev–Trinajstić information content (AvgIpc) is 2.88. The van der Waals surface area contributed by atoms with Gasteiger partial charge >= 0.3 is 0 Å². The summed E-state index contributed by atoms with van der Waals surface area (Å²) >= 11 is 0. The third kappa shape index (κ3) is 5.61. The SMILES string of the molecule is COc1ccc(S(=O)(=O)Nc2ccccc2C(=O)N2CCCCC2)cc1C(=O)N1CCC(C)CC1. The van der Waals surface area contributed by atoms with E-state index in [1.54, 1.807) is 34.1 Å². The van der Waals surface area contributed by atoms with E-state index in [-0.39, 0.29) is 28.0 Å². The lowest BCUT2D eigenvalue weighted by Gasteiger charge is -2.30. The standard InChI is InChI=1S/C26H33N3O5S/c1-19-12-16-29(17-13-19)26(31)22-18-20(10-11-24(22)34-2)35(32,33)27-23-9-5-4-8-21(23)25(30)28-14-6-3-7-15-28/h4-5,8-11,18-19,27H,3,6-7,12-17H2,1-2H3. The zero-order valence-corrected chi connectivity index (χ0v) is 21.1. The molecule has 9 heteroatoms. The van der Waals surface area contributed by atoms with Gasteiger partial charge in [-0.1, -0.05) is 19.1 Å². The Morgan fingerprint density at radius 1 is 0.886 bits per heavy atom. The molecule has 4 rings (SSSR count). The third-order valence-electron chi connectivity index (χ3n) is 6.83. The summed E-state index contributed by atoms with van der Waals surface area (Å²) in [6.45, 7) is 4.75. The van der Waals surface area contributed by atoms with E-state index in [2.05, 4.69) is 11.6 Å². The highest BCUT2D eigenvalue weighted by Crippen LogP contribution is 2.28. The van der Waals surface area contributed by atoms with Crippen LogP contribution in [-0.2, 0) is 10.0 Å². The van der Waals surface area contributed by atoms with Crippen molar-refractivity contribution in [2.75, 3.05) is 38.0 Å². The number of hydrogen-bond donors (Lipinski definition) is 1. The van der Waals surface area contributed by atoms with Crippen LogP contribution in [0.4, 0.5) is 5.69 Å². The zero-order valence-electron chi connectivity index (χ0n) is 20.3. The van der Waals surface area contributed by atoms with E-state index in [0.29, 0.717) is 43.4 Å². The Hall–Kier alpha value is -3.07. The monoisotopic (exact) mass is 499 g/mol. The van der Waals surface area contributed by atoms with Crippen molar-refractivity contribution >= 4 is 27.5 Å². The molecule has 0 aliphatic carbocycles. The molecule has 0 radical (unpaired) electrons. The first kappa shape index (κ1) is 25.0. The van der Waals surface area contributed by atoms with Gasteiger partial charge in [0.25, 0.3) is 21.8 Å². The van der Waals surface area contributed by atoms with E-state index in [1.807, 2.05) is 0 Å². The Bertz CT molecular complexity index is 1180. The summed E-state index contributed by atoms with van der Waals surface area (Å²) in [6.07, 6.45) is 4.80. The molecule has 0 atom stereocenters. The summed E-state index contributed by atoms with van der Waals surface area (Å²) in [5, 5.41) is 0. The summed E-state index contributed by atoms with van der Waals surface area (Å²) < 4.78 is 34.6. The molecular weight excluding hydrogens is 466 g/mol. The number of nitrogens with one attached hydrogen (secondary N) is 1. The van der Waals surface area contributed by atoms with E-state index in [0.717, 1.165) is 32.1 Å². The lowest BCUT2D eigenvalue weighted by molar-refractivity contribution is 0.0692. The van der Waals surface area contributed by atoms with E-state index in [4.69, 9.17) is 4.74 Å². The highest BCUT2D eigenvalue weighted by molar-refractivity contribution is 7.92. The number of methoxy groups -OCH3 is 1. The van der Waals surface area contributed by atoms with Crippen LogP contribution in [0.2, 0.25) is 0 Å². The van der Waals surface area contributed by atoms with Gasteiger partial charge in [0.1, 0.15) is 5.75 Å². The number of carbonyl (C=O) groups is 2. The number of sulfonamides is 1. The van der Waals surface area contributed by atoms with Gasteiger partial charge in [0.15, 0.2) is 0 Å². The fourth-order valence-corrected chi connectivity index (χ4v) is 5.74. The Balaban J connectivity index is 1.61. The number of amides is 2. The maximum atomic E-state index is 13.3. The van der Waals surface area contributed by atoms with Crippen LogP contribution in [0.5, 0.6) is 5.75 Å². The van der Waals surface area contributed by atoms with Gasteiger partial charge in [-0.2, -0.15) is 0 Å². The van der Waals surface area contributed by atoms with Crippen molar-refractivity contribution in [3.8, 4) is 5.75 Å². The van der Waals surface area contributed by atoms with Crippen molar-refractivity contribution in [3.05, 3.63) is 53.6 Å². The van der Waals surface area contributed by atoms with Crippen LogP contribution in [0.1, 0.15) is 59.7 Å². The molecule has 188 valence electrons. The molecule has 2 fully saturated rings. The number of piperidine rings is 2. The molecule has 8 nitrogen and oxygen atoms in total. The Morgan fingerprint density at radius 2 is 1.51 bits per heavy atom. The van der Waals surface area contributed by atoms with Crippen molar-refractivity contribution in [2.45, 2.75) is 43.9 Å². The van der Waals surface area contributed by atoms with Crippen LogP contribution < -0.4 is 9.46 Å². The molecule has 1 N–H and O–H groups in total. The second-order valence-corrected chi connectivity index (χ2v) is 11.0. The third-order valence-corrected chi connectivity index (χ3v) is 8.19. The van der Waals surface area contributed by atoms with Gasteiger partial charge in [-0.3, -0.25) is 14.3 Å². The predicted octanol–water partition coefficient (Wildman–Crippen LogP) is 3.99. The number of hydrogen-bond acceptors (Lipinski definition) is 5. The van der Waals surface area contributed by atoms with Gasteiger partial charge in [-0.25, -0.2) is 8.42 Å². The molecular formula is C26H33N3O5S. The number of rotatable bonds is 6. The van der Waals surface area contributed by atoms with Crippen molar-refractivity contribution < 1.29 is 22.7 Å². The number of para-hydroxylation sites is 1. The predicted molar refractivity (Wildman–Crippen MR) is 134 cm³/mol. The maximum absolute atomic E-state index is 13.3. The molecule has 2 heterocycles. The highest BCUT2D eigenvalue weighted by Gasteiger charge is 2.27. The minimum absolute atomic E-state index is 0.0627. The van der Waals surface area contributed by atoms with Crippen molar-refractivity contribution in [1.29, 1.82) is 0 Å². The topological polar surface area (TPSA) is 96.0 Å². The second kappa shape index (κ2) is 10.7. The zero-order chi connectivity index (χ0) is 25.0. The molecule has 0 bridgehead atoms. The van der Waals surface area contributed by atoms with Crippen LogP contribution in [-0.4, -0.2) is 63.3 Å². The van der Waals surface area contributed by atoms with Crippen LogP contribution in [0.15, 0.2) is 47.4 Å². The quantitative estimate of drug-likeness (QED) is 0.648. The highest BCUT2D eigenvalue weighted by atomic mass is 32.2. The van der Waals surface area contributed by atoms with Gasteiger partial charge in [-0.15, -0.1) is 0 Å². The first-order valence-electron chi connectivity index (χ1n) is 12.2. The molecule has 35 heavy (non-hydrogen) atoms. The number of likely N-dealkylation sites (tertiary alicyclic amines) is 2. The summed E-state index contributed by atoms with van der Waals surface area (Å²) in [5.74, 6) is 0.456. The molecule has 2 aliphatic heterocycles. The van der Waals surface area contributed by atoms with E-state index in [1.165, 1.54) is 25.3 Å². The molecule has 0 saturated carbocycles. The molecule has 2 aliphatic rings. The van der Waals surface area contributed by atoms with Crippen LogP contribution in [0.3, 0.4) is 0 Å². The van der Waals surface area contributed by atoms with E-state index < -0.39 is 10.0 Å². The van der Waals surface area contributed by atoms with E-state index in [9.17, 15) is 18.0 Å². The van der Waals surface area contributed by atoms with Crippen molar-refractivity contribution in [1.82, 2.24) is 9.80 Å². The van der Waals surface area contributed by atoms with Gasteiger partial charge < -0.3 is 14.5 Å². The lowest BCUT2D eigenvalue weighted by atomic mass is 9.98. The minimum atomic E-state index is -4.07. The molecule has 0 unspecified atom stereocenters. The normalized spacial score (nSPS) is 17.2. The van der Waals surface area contributed by atoms with Gasteiger partial charge in [0, 0.05) is 26.2 Å². The number of nitrogens with zero attached hydrogens (tertiary/aromatic N) is 2. The molecule has 0 aromatic heterocycles. The van der Waals surface area contributed by atoms with Crippen LogP contribution in [0, 0.1) is 5.92 Å². The number of anilines is 1. The second-order valence-electron chi connectivity index (χ2n) is 9.34. The van der Waals surface area contributed by atoms with Crippen molar-refractivity contribution in [3.63, 3.8) is 0 Å². The molecule has 0 spiro atoms. The Kier molecular flexibility index (Phi) is 7.64. The first-order valence-corrected chi connectivity index (χ1v) is 13.7. The van der Waals surface area contributed by atoms with Crippen molar-refractivity contribution in [2.24, 2.45) is 5.92 Å². The lowest BCUT2D eigenvalue weighted by Crippen LogP contribution is -2.38. The maximum Gasteiger partial charge on any atom is 0.261 e. The average molecular weight is 500 g/mol. The summed E-state index contributed by atoms with van der Waals surface area (Å²) in [6, 6.07) is 10.9. The fourth-order valence-electron chi connectivity index (χ4n) is 4.63. The van der Waals surface area contributed by atoms with Crippen LogP contribution >= 0.6 is 0 Å². The number of carbonyl (C=O) groups excluding carboxylic acids is 2. The largest absolute Gasteiger partial charge is 0.496 e. The number of ether oxygens (including phenoxy) is 1. The smallest absolute Gasteiger partial charge is 0.261 e. The molecule has 2 amide bonds. The molecule has 2 saturated heterocycles. The fraction of sp³-hybridized carbons (Fsp3) is 0.462. The summed E-state index contributed by atoms with van der Waals surface area (Å²) in [5.41, 5.74) is 0.740. The summed E-state index contributed by atoms with van der Waals surface area (Å²) in [7, 11) is -2.61.